The van der Waals surface area contributed by atoms with E-state index in [9.17, 15) is 9.59 Å². The number of aryl methyl sites for hydroxylation is 1. The molecule has 3 amide bonds. The van der Waals surface area contributed by atoms with Gasteiger partial charge >= 0.3 is 6.03 Å². The van der Waals surface area contributed by atoms with Gasteiger partial charge in [-0.05, 0) is 54.4 Å². The standard InChI is InChI=1S/C26H23Cl3N6O3/c1-14-3-6-16(32-26(37)34-22-11-20(28)19(27)10-21(22)29)9-18(14)25(36)33-23-12-31-35(24(23)30)13-15-4-7-17(38-2)8-5-15/h3-12H,13,30H2,1-2H3,(H,33,36)(H2,32,34,37). The number of anilines is 4. The summed E-state index contributed by atoms with van der Waals surface area (Å²) in [6.45, 7) is 2.20. The molecule has 0 aliphatic carbocycles. The number of nitrogen functional groups attached to an aromatic ring is 1. The molecule has 12 heteroatoms. The molecule has 1 aromatic heterocycles. The molecule has 0 unspecified atom stereocenters. The van der Waals surface area contributed by atoms with Crippen molar-refractivity contribution in [2.45, 2.75) is 13.5 Å². The lowest BCUT2D eigenvalue weighted by molar-refractivity contribution is 0.102. The van der Waals surface area contributed by atoms with E-state index < -0.39 is 11.9 Å². The van der Waals surface area contributed by atoms with Gasteiger partial charge in [0.25, 0.3) is 5.91 Å². The number of hydrogen-bond donors (Lipinski definition) is 4. The minimum absolute atomic E-state index is 0.226. The SMILES string of the molecule is COc1ccc(Cn2ncc(NC(=O)c3cc(NC(=O)Nc4cc(Cl)c(Cl)cc4Cl)ccc3C)c2N)cc1. The summed E-state index contributed by atoms with van der Waals surface area (Å²) < 4.78 is 6.76. The van der Waals surface area contributed by atoms with Crippen LogP contribution in [0.4, 0.5) is 27.7 Å². The molecule has 196 valence electrons. The van der Waals surface area contributed by atoms with Gasteiger partial charge in [-0.1, -0.05) is 53.0 Å². The van der Waals surface area contributed by atoms with E-state index in [1.54, 1.807) is 36.9 Å². The maximum atomic E-state index is 13.1. The fourth-order valence-corrected chi connectivity index (χ4v) is 4.15. The number of amides is 3. The minimum atomic E-state index is -0.579. The van der Waals surface area contributed by atoms with Gasteiger partial charge in [-0.25, -0.2) is 9.48 Å². The maximum absolute atomic E-state index is 13.1. The van der Waals surface area contributed by atoms with E-state index in [0.717, 1.165) is 11.3 Å². The molecule has 0 aliphatic rings. The highest BCUT2D eigenvalue weighted by Crippen LogP contribution is 2.32. The number of urea groups is 1. The Balaban J connectivity index is 1.44. The van der Waals surface area contributed by atoms with Crippen LogP contribution in [0.2, 0.25) is 15.1 Å². The summed E-state index contributed by atoms with van der Waals surface area (Å²) in [6, 6.07) is 14.7. The Kier molecular flexibility index (Phi) is 8.31. The number of methoxy groups -OCH3 is 1. The molecule has 0 atom stereocenters. The summed E-state index contributed by atoms with van der Waals surface area (Å²) >= 11 is 18.1. The molecule has 0 spiro atoms. The number of ether oxygens (including phenoxy) is 1. The topological polar surface area (TPSA) is 123 Å². The molecule has 1 heterocycles. The number of nitrogens with zero attached hydrogens (tertiary/aromatic N) is 2. The highest BCUT2D eigenvalue weighted by molar-refractivity contribution is 6.44. The number of rotatable bonds is 7. The third-order valence-corrected chi connectivity index (χ3v) is 6.65. The van der Waals surface area contributed by atoms with E-state index in [0.29, 0.717) is 34.9 Å². The van der Waals surface area contributed by atoms with Gasteiger partial charge < -0.3 is 26.4 Å². The zero-order chi connectivity index (χ0) is 27.4. The first-order chi connectivity index (χ1) is 18.1. The summed E-state index contributed by atoms with van der Waals surface area (Å²) in [5.41, 5.74) is 9.29. The highest BCUT2D eigenvalue weighted by Gasteiger charge is 2.16. The quantitative estimate of drug-likeness (QED) is 0.184. The molecule has 4 aromatic rings. The molecule has 38 heavy (non-hydrogen) atoms. The van der Waals surface area contributed by atoms with Crippen molar-refractivity contribution in [3.63, 3.8) is 0 Å². The summed E-state index contributed by atoms with van der Waals surface area (Å²) in [5.74, 6) is 0.645. The zero-order valence-corrected chi connectivity index (χ0v) is 22.6. The normalized spacial score (nSPS) is 10.7. The van der Waals surface area contributed by atoms with Crippen LogP contribution >= 0.6 is 34.8 Å². The third-order valence-electron chi connectivity index (χ3n) is 5.62. The molecule has 4 rings (SSSR count). The van der Waals surface area contributed by atoms with Crippen LogP contribution in [-0.2, 0) is 6.54 Å². The Morgan fingerprint density at radius 2 is 1.63 bits per heavy atom. The van der Waals surface area contributed by atoms with Gasteiger partial charge in [0.1, 0.15) is 17.3 Å². The lowest BCUT2D eigenvalue weighted by Gasteiger charge is -2.12. The molecule has 0 saturated carbocycles. The molecule has 0 aliphatic heterocycles. The van der Waals surface area contributed by atoms with Crippen LogP contribution < -0.4 is 26.4 Å². The van der Waals surface area contributed by atoms with Gasteiger partial charge in [0.05, 0.1) is 40.6 Å². The third kappa shape index (κ3) is 6.31. The number of hydrogen-bond acceptors (Lipinski definition) is 5. The second-order valence-electron chi connectivity index (χ2n) is 8.26. The minimum Gasteiger partial charge on any atom is -0.497 e. The smallest absolute Gasteiger partial charge is 0.323 e. The number of halogens is 3. The maximum Gasteiger partial charge on any atom is 0.323 e. The van der Waals surface area contributed by atoms with Crippen molar-refractivity contribution >= 4 is 69.6 Å². The van der Waals surface area contributed by atoms with Gasteiger partial charge in [0.2, 0.25) is 0 Å². The second-order valence-corrected chi connectivity index (χ2v) is 9.48. The van der Waals surface area contributed by atoms with Crippen LogP contribution in [0.15, 0.2) is 60.8 Å². The number of aromatic nitrogens is 2. The lowest BCUT2D eigenvalue weighted by Crippen LogP contribution is -2.20. The summed E-state index contributed by atoms with van der Waals surface area (Å²) in [7, 11) is 1.60. The van der Waals surface area contributed by atoms with Crippen LogP contribution in [0.25, 0.3) is 0 Å². The van der Waals surface area contributed by atoms with Gasteiger partial charge in [-0.3, -0.25) is 4.79 Å². The Morgan fingerprint density at radius 1 is 0.921 bits per heavy atom. The summed E-state index contributed by atoms with van der Waals surface area (Å²) in [4.78, 5) is 25.6. The first-order valence-electron chi connectivity index (χ1n) is 11.2. The Morgan fingerprint density at radius 3 is 2.34 bits per heavy atom. The van der Waals surface area contributed by atoms with E-state index in [-0.39, 0.29) is 20.8 Å². The van der Waals surface area contributed by atoms with E-state index in [4.69, 9.17) is 45.3 Å². The van der Waals surface area contributed by atoms with Crippen molar-refractivity contribution in [3.05, 3.63) is 92.6 Å². The lowest BCUT2D eigenvalue weighted by atomic mass is 10.1. The largest absolute Gasteiger partial charge is 0.497 e. The zero-order valence-electron chi connectivity index (χ0n) is 20.3. The molecule has 0 fully saturated rings. The average Bonchev–Trinajstić information content (AvgIpc) is 3.22. The highest BCUT2D eigenvalue weighted by atomic mass is 35.5. The summed E-state index contributed by atoms with van der Waals surface area (Å²) in [6.07, 6.45) is 1.49. The second kappa shape index (κ2) is 11.6. The van der Waals surface area contributed by atoms with Crippen molar-refractivity contribution in [1.82, 2.24) is 9.78 Å². The van der Waals surface area contributed by atoms with Crippen LogP contribution in [-0.4, -0.2) is 28.8 Å². The molecular weight excluding hydrogens is 551 g/mol. The summed E-state index contributed by atoms with van der Waals surface area (Å²) in [5, 5.41) is 13.1. The monoisotopic (exact) mass is 572 g/mol. The molecule has 9 nitrogen and oxygen atoms in total. The molecule has 3 aromatic carbocycles. The van der Waals surface area contributed by atoms with Crippen LogP contribution in [0.5, 0.6) is 5.75 Å². The number of nitrogens with one attached hydrogen (secondary N) is 3. The number of benzene rings is 3. The van der Waals surface area contributed by atoms with E-state index in [1.807, 2.05) is 24.3 Å². The number of carbonyl (C=O) groups excluding carboxylic acids is 2. The van der Waals surface area contributed by atoms with Crippen molar-refractivity contribution < 1.29 is 14.3 Å². The van der Waals surface area contributed by atoms with Gasteiger partial charge in [0, 0.05) is 11.3 Å². The fraction of sp³-hybridized carbons (Fsp3) is 0.115. The molecular formula is C26H23Cl3N6O3. The fourth-order valence-electron chi connectivity index (χ4n) is 3.56. The van der Waals surface area contributed by atoms with Crippen molar-refractivity contribution in [2.75, 3.05) is 28.8 Å². The number of carbonyl (C=O) groups is 2. The van der Waals surface area contributed by atoms with Gasteiger partial charge in [-0.15, -0.1) is 0 Å². The predicted octanol–water partition coefficient (Wildman–Crippen LogP) is 6.69. The first-order valence-corrected chi connectivity index (χ1v) is 12.4. The van der Waals surface area contributed by atoms with Crippen LogP contribution in [0.1, 0.15) is 21.5 Å². The van der Waals surface area contributed by atoms with E-state index in [1.165, 1.54) is 18.3 Å². The van der Waals surface area contributed by atoms with Crippen molar-refractivity contribution in [3.8, 4) is 5.75 Å². The van der Waals surface area contributed by atoms with Crippen LogP contribution in [0.3, 0.4) is 0 Å². The Bertz CT molecular complexity index is 1510. The van der Waals surface area contributed by atoms with Crippen molar-refractivity contribution in [2.24, 2.45) is 0 Å². The van der Waals surface area contributed by atoms with Gasteiger partial charge in [-0.2, -0.15) is 5.10 Å². The van der Waals surface area contributed by atoms with Crippen LogP contribution in [0, 0.1) is 6.92 Å². The predicted molar refractivity (Wildman–Crippen MR) is 152 cm³/mol. The van der Waals surface area contributed by atoms with Crippen molar-refractivity contribution in [1.29, 1.82) is 0 Å². The van der Waals surface area contributed by atoms with Gasteiger partial charge in [0.15, 0.2) is 0 Å². The average molecular weight is 574 g/mol. The molecule has 0 saturated heterocycles. The van der Waals surface area contributed by atoms with E-state index in [2.05, 4.69) is 21.0 Å². The Labute approximate surface area is 233 Å². The molecule has 0 bridgehead atoms. The van der Waals surface area contributed by atoms with E-state index >= 15 is 0 Å². The Hall–Kier alpha value is -3.92. The number of nitrogens with two attached hydrogens (primary N) is 1. The molecule has 0 radical (unpaired) electrons. The molecule has 5 N–H and O–H groups in total. The first kappa shape index (κ1) is 27.1.